The van der Waals surface area contributed by atoms with E-state index in [1.807, 2.05) is 13.8 Å². The fraction of sp³-hybridized carbons (Fsp3) is 0.571. The molecule has 1 aromatic rings. The molecular weight excluding hydrogens is 340 g/mol. The molecule has 1 N–H and O–H groups in total. The molecule has 9 nitrogen and oxygen atoms in total. The van der Waals surface area contributed by atoms with Crippen molar-refractivity contribution in [3.63, 3.8) is 0 Å². The first-order valence-electron chi connectivity index (χ1n) is 7.44. The second-order valence-corrected chi connectivity index (χ2v) is 6.73. The van der Waals surface area contributed by atoms with E-state index in [1.165, 1.54) is 18.2 Å². The van der Waals surface area contributed by atoms with Gasteiger partial charge in [0, 0.05) is 6.07 Å². The molecule has 0 radical (unpaired) electrons. The van der Waals surface area contributed by atoms with Crippen molar-refractivity contribution in [3.05, 3.63) is 39.9 Å². The Bertz CT molecular complexity index is 703. The summed E-state index contributed by atoms with van der Waals surface area (Å²) in [6, 6.07) is 5.99. The van der Waals surface area contributed by atoms with Crippen LogP contribution in [0.3, 0.4) is 0 Å². The van der Waals surface area contributed by atoms with Crippen LogP contribution in [0.25, 0.3) is 0 Å². The highest BCUT2D eigenvalue weighted by Crippen LogP contribution is 2.43. The Morgan fingerprint density at radius 3 is 2.46 bits per heavy atom. The highest BCUT2D eigenvalue weighted by molar-refractivity contribution is 7.84. The van der Waals surface area contributed by atoms with Gasteiger partial charge in [-0.05, 0) is 18.9 Å². The first kappa shape index (κ1) is 18.7. The van der Waals surface area contributed by atoms with Gasteiger partial charge in [0.05, 0.1) is 17.6 Å². The number of ether oxygens (including phenoxy) is 2. The SMILES string of the molecule is CCC1(CC)O[C@H](NS(=O)(=O)OC)[C@H](c2ccccc2[N+](=O)[O-])O1. The highest BCUT2D eigenvalue weighted by Gasteiger charge is 2.49. The molecule has 2 atom stereocenters. The Balaban J connectivity index is 2.46. The summed E-state index contributed by atoms with van der Waals surface area (Å²) in [5, 5.41) is 11.3. The second-order valence-electron chi connectivity index (χ2n) is 5.25. The van der Waals surface area contributed by atoms with E-state index < -0.39 is 33.3 Å². The van der Waals surface area contributed by atoms with E-state index in [4.69, 9.17) is 9.47 Å². The Labute approximate surface area is 140 Å². The van der Waals surface area contributed by atoms with Crippen LogP contribution in [-0.2, 0) is 24.0 Å². The first-order chi connectivity index (χ1) is 11.3. The van der Waals surface area contributed by atoms with Crippen molar-refractivity contribution in [2.75, 3.05) is 7.11 Å². The summed E-state index contributed by atoms with van der Waals surface area (Å²) < 4.78 is 41.8. The number of nitro groups is 1. The second kappa shape index (κ2) is 7.11. The van der Waals surface area contributed by atoms with Crippen LogP contribution in [0.2, 0.25) is 0 Å². The van der Waals surface area contributed by atoms with E-state index in [9.17, 15) is 18.5 Å². The summed E-state index contributed by atoms with van der Waals surface area (Å²) in [6.07, 6.45) is -1.22. The fourth-order valence-electron chi connectivity index (χ4n) is 2.59. The van der Waals surface area contributed by atoms with E-state index >= 15 is 0 Å². The number of para-hydroxylation sites is 1. The zero-order valence-electron chi connectivity index (χ0n) is 13.6. The monoisotopic (exact) mass is 360 g/mol. The van der Waals surface area contributed by atoms with Crippen LogP contribution in [0.15, 0.2) is 24.3 Å². The summed E-state index contributed by atoms with van der Waals surface area (Å²) in [5.74, 6) is -1.03. The van der Waals surface area contributed by atoms with Gasteiger partial charge in [0.15, 0.2) is 12.0 Å². The normalized spacial score (nSPS) is 23.3. The van der Waals surface area contributed by atoms with Crippen molar-refractivity contribution in [1.29, 1.82) is 0 Å². The standard InChI is InChI=1S/C14H20N2O7S/c1-4-14(5-2)22-12(13(23-14)15-24(19,20)21-3)10-8-6-7-9-11(10)16(17)18/h6-9,12-13,15H,4-5H2,1-3H3/t12-,13-/m0/s1. The van der Waals surface area contributed by atoms with E-state index in [1.54, 1.807) is 6.07 Å². The number of rotatable bonds is 7. The molecule has 0 unspecified atom stereocenters. The average Bonchev–Trinajstić information content (AvgIpc) is 2.93. The van der Waals surface area contributed by atoms with Crippen molar-refractivity contribution < 1.29 is 27.0 Å². The number of hydrogen-bond acceptors (Lipinski definition) is 7. The molecule has 1 saturated heterocycles. The quantitative estimate of drug-likeness (QED) is 0.584. The van der Waals surface area contributed by atoms with Gasteiger partial charge in [-0.15, -0.1) is 0 Å². The van der Waals surface area contributed by atoms with Gasteiger partial charge in [0.1, 0.15) is 6.10 Å². The largest absolute Gasteiger partial charge is 0.337 e. The van der Waals surface area contributed by atoms with Crippen LogP contribution in [0.1, 0.15) is 38.4 Å². The average molecular weight is 360 g/mol. The minimum absolute atomic E-state index is 0.171. The van der Waals surface area contributed by atoms with E-state index in [2.05, 4.69) is 8.91 Å². The summed E-state index contributed by atoms with van der Waals surface area (Å²) >= 11 is 0. The van der Waals surface area contributed by atoms with Gasteiger partial charge in [-0.25, -0.2) is 0 Å². The molecule has 0 saturated carbocycles. The summed E-state index contributed by atoms with van der Waals surface area (Å²) in [4.78, 5) is 10.7. The fourth-order valence-corrected chi connectivity index (χ4v) is 3.15. The minimum Gasteiger partial charge on any atom is -0.337 e. The molecule has 2 rings (SSSR count). The molecule has 0 spiro atoms. The predicted octanol–water partition coefficient (Wildman–Crippen LogP) is 2.01. The van der Waals surface area contributed by atoms with Crippen LogP contribution < -0.4 is 4.72 Å². The van der Waals surface area contributed by atoms with Crippen molar-refractivity contribution >= 4 is 16.0 Å². The Kier molecular flexibility index (Phi) is 5.56. The lowest BCUT2D eigenvalue weighted by molar-refractivity contribution is -0.386. The number of nitro benzene ring substituents is 1. The van der Waals surface area contributed by atoms with E-state index in [-0.39, 0.29) is 11.3 Å². The third-order valence-electron chi connectivity index (χ3n) is 3.96. The number of hydrogen-bond donors (Lipinski definition) is 1. The van der Waals surface area contributed by atoms with Gasteiger partial charge >= 0.3 is 10.3 Å². The zero-order chi connectivity index (χ0) is 18.0. The van der Waals surface area contributed by atoms with Crippen LogP contribution in [-0.4, -0.2) is 32.5 Å². The Morgan fingerprint density at radius 2 is 1.92 bits per heavy atom. The number of nitrogens with one attached hydrogen (secondary N) is 1. The lowest BCUT2D eigenvalue weighted by Gasteiger charge is -2.24. The van der Waals surface area contributed by atoms with Gasteiger partial charge in [-0.1, -0.05) is 26.0 Å². The minimum atomic E-state index is -4.07. The van der Waals surface area contributed by atoms with Crippen LogP contribution >= 0.6 is 0 Å². The summed E-state index contributed by atoms with van der Waals surface area (Å²) in [7, 11) is -3.06. The van der Waals surface area contributed by atoms with E-state index in [0.29, 0.717) is 12.8 Å². The van der Waals surface area contributed by atoms with Gasteiger partial charge in [-0.2, -0.15) is 13.1 Å². The predicted molar refractivity (Wildman–Crippen MR) is 84.2 cm³/mol. The summed E-state index contributed by atoms with van der Waals surface area (Å²) in [6.45, 7) is 3.65. The maximum absolute atomic E-state index is 11.7. The number of benzene rings is 1. The Hall–Kier alpha value is -1.59. The molecule has 1 heterocycles. The van der Waals surface area contributed by atoms with Crippen LogP contribution in [0.5, 0.6) is 0 Å². The molecule has 1 aliphatic rings. The molecule has 134 valence electrons. The third-order valence-corrected chi connectivity index (χ3v) is 4.92. The first-order valence-corrected chi connectivity index (χ1v) is 8.85. The molecule has 0 amide bonds. The van der Waals surface area contributed by atoms with Crippen LogP contribution in [0, 0.1) is 10.1 Å². The molecule has 0 bridgehead atoms. The lowest BCUT2D eigenvalue weighted by atomic mass is 10.1. The van der Waals surface area contributed by atoms with Crippen molar-refractivity contribution in [3.8, 4) is 0 Å². The van der Waals surface area contributed by atoms with Crippen molar-refractivity contribution in [1.82, 2.24) is 4.72 Å². The molecule has 1 aromatic carbocycles. The van der Waals surface area contributed by atoms with Gasteiger partial charge in [0.2, 0.25) is 0 Å². The van der Waals surface area contributed by atoms with E-state index in [0.717, 1.165) is 7.11 Å². The maximum atomic E-state index is 11.7. The molecule has 10 heteroatoms. The third kappa shape index (κ3) is 3.73. The molecular formula is C14H20N2O7S. The zero-order valence-corrected chi connectivity index (χ0v) is 14.4. The summed E-state index contributed by atoms with van der Waals surface area (Å²) in [5.41, 5.74) is 0.0609. The molecule has 24 heavy (non-hydrogen) atoms. The van der Waals surface area contributed by atoms with Gasteiger partial charge in [-0.3, -0.25) is 14.3 Å². The van der Waals surface area contributed by atoms with Crippen molar-refractivity contribution in [2.24, 2.45) is 0 Å². The van der Waals surface area contributed by atoms with Crippen LogP contribution in [0.4, 0.5) is 5.69 Å². The Morgan fingerprint density at radius 1 is 1.29 bits per heavy atom. The number of nitrogens with zero attached hydrogens (tertiary/aromatic N) is 1. The molecule has 1 aliphatic heterocycles. The smallest absolute Gasteiger partial charge is 0.337 e. The van der Waals surface area contributed by atoms with Crippen molar-refractivity contribution in [2.45, 2.75) is 44.8 Å². The van der Waals surface area contributed by atoms with Gasteiger partial charge in [0.25, 0.3) is 5.69 Å². The lowest BCUT2D eigenvalue weighted by Crippen LogP contribution is -2.40. The van der Waals surface area contributed by atoms with Gasteiger partial charge < -0.3 is 9.47 Å². The molecule has 0 aliphatic carbocycles. The maximum Gasteiger partial charge on any atom is 0.337 e. The topological polar surface area (TPSA) is 117 Å². The molecule has 1 fully saturated rings. The molecule has 0 aromatic heterocycles. The highest BCUT2D eigenvalue weighted by atomic mass is 32.2.